The van der Waals surface area contributed by atoms with Crippen LogP contribution in [0.3, 0.4) is 0 Å². The zero-order chi connectivity index (χ0) is 22.5. The number of aryl methyl sites for hydroxylation is 1. The number of carbonyl (C=O) groups is 1. The highest BCUT2D eigenvalue weighted by atomic mass is 19.1. The van der Waals surface area contributed by atoms with Crippen molar-refractivity contribution in [3.8, 4) is 5.75 Å². The molecule has 0 bridgehead atoms. The van der Waals surface area contributed by atoms with Crippen LogP contribution in [0, 0.1) is 12.7 Å². The minimum Gasteiger partial charge on any atom is -0.484 e. The molecule has 164 valence electrons. The summed E-state index contributed by atoms with van der Waals surface area (Å²) in [5.41, 5.74) is 2.44. The van der Waals surface area contributed by atoms with Gasteiger partial charge in [-0.25, -0.2) is 14.1 Å². The molecule has 1 amide bonds. The lowest BCUT2D eigenvalue weighted by molar-refractivity contribution is -0.123. The average molecular weight is 435 g/mol. The Hall–Kier alpha value is -4.01. The summed E-state index contributed by atoms with van der Waals surface area (Å²) in [5, 5.41) is 7.38. The van der Waals surface area contributed by atoms with Crippen LogP contribution in [0.2, 0.25) is 0 Å². The molecular formula is C23H22FN5O3. The third kappa shape index (κ3) is 5.00. The smallest absolute Gasteiger partial charge is 0.264 e. The number of aromatic nitrogens is 4. The first kappa shape index (κ1) is 21.2. The molecule has 2 aromatic heterocycles. The van der Waals surface area contributed by atoms with E-state index in [4.69, 9.17) is 4.74 Å². The van der Waals surface area contributed by atoms with Gasteiger partial charge in [0.15, 0.2) is 12.3 Å². The van der Waals surface area contributed by atoms with Gasteiger partial charge < -0.3 is 10.1 Å². The number of carbonyl (C=O) groups excluding carboxylic acids is 1. The van der Waals surface area contributed by atoms with Gasteiger partial charge in [-0.2, -0.15) is 5.10 Å². The first-order chi connectivity index (χ1) is 15.5. The first-order valence-electron chi connectivity index (χ1n) is 10.1. The standard InChI is InChI=1S/C23H22FN5O3/c1-16-3-2-4-17(11-16)13-28-15-26-22-20(23(28)31)12-27-29(22)10-9-25-21(30)14-32-19-7-5-18(24)6-8-19/h2-8,11-12,15H,9-10,13-14H2,1H3,(H,25,30). The SMILES string of the molecule is Cc1cccc(Cn2cnc3c(cnn3CCNC(=O)COc3ccc(F)cc3)c2=O)c1. The quantitative estimate of drug-likeness (QED) is 0.459. The Morgan fingerprint density at radius 3 is 2.78 bits per heavy atom. The van der Waals surface area contributed by atoms with E-state index in [1.807, 2.05) is 31.2 Å². The molecule has 9 heteroatoms. The minimum atomic E-state index is -0.371. The van der Waals surface area contributed by atoms with Crippen molar-refractivity contribution in [2.24, 2.45) is 0 Å². The third-order valence-corrected chi connectivity index (χ3v) is 4.89. The van der Waals surface area contributed by atoms with Gasteiger partial charge in [-0.1, -0.05) is 29.8 Å². The molecule has 2 aromatic carbocycles. The number of hydrogen-bond acceptors (Lipinski definition) is 5. The second-order valence-electron chi connectivity index (χ2n) is 7.36. The van der Waals surface area contributed by atoms with Crippen molar-refractivity contribution >= 4 is 16.9 Å². The summed E-state index contributed by atoms with van der Waals surface area (Å²) in [4.78, 5) is 29.2. The number of hydrogen-bond donors (Lipinski definition) is 1. The Bertz CT molecular complexity index is 1300. The lowest BCUT2D eigenvalue weighted by Crippen LogP contribution is -2.31. The fraction of sp³-hybridized carbons (Fsp3) is 0.217. The number of fused-ring (bicyclic) bond motifs is 1. The molecule has 4 rings (SSSR count). The molecule has 0 aliphatic carbocycles. The fourth-order valence-corrected chi connectivity index (χ4v) is 3.31. The maximum Gasteiger partial charge on any atom is 0.264 e. The molecule has 0 saturated heterocycles. The molecule has 0 aliphatic heterocycles. The maximum absolute atomic E-state index is 12.9. The van der Waals surface area contributed by atoms with Gasteiger partial charge in [0, 0.05) is 6.54 Å². The van der Waals surface area contributed by atoms with Crippen LogP contribution in [0.5, 0.6) is 5.75 Å². The highest BCUT2D eigenvalue weighted by Gasteiger charge is 2.11. The number of benzene rings is 2. The van der Waals surface area contributed by atoms with Crippen molar-refractivity contribution in [1.82, 2.24) is 24.6 Å². The summed E-state index contributed by atoms with van der Waals surface area (Å²) >= 11 is 0. The number of amides is 1. The molecule has 4 aromatic rings. The van der Waals surface area contributed by atoms with E-state index in [1.54, 1.807) is 9.25 Å². The van der Waals surface area contributed by atoms with Gasteiger partial charge in [-0.15, -0.1) is 0 Å². The molecule has 32 heavy (non-hydrogen) atoms. The van der Waals surface area contributed by atoms with Crippen LogP contribution < -0.4 is 15.6 Å². The van der Waals surface area contributed by atoms with Crippen LogP contribution in [0.1, 0.15) is 11.1 Å². The van der Waals surface area contributed by atoms with Crippen molar-refractivity contribution in [2.45, 2.75) is 20.0 Å². The minimum absolute atomic E-state index is 0.167. The van der Waals surface area contributed by atoms with Crippen LogP contribution >= 0.6 is 0 Å². The molecule has 0 spiro atoms. The molecule has 0 radical (unpaired) electrons. The topological polar surface area (TPSA) is 91.0 Å². The zero-order valence-corrected chi connectivity index (χ0v) is 17.5. The second kappa shape index (κ2) is 9.42. The number of nitrogens with zero attached hydrogens (tertiary/aromatic N) is 4. The van der Waals surface area contributed by atoms with E-state index in [0.717, 1.165) is 11.1 Å². The molecule has 0 atom stereocenters. The van der Waals surface area contributed by atoms with Crippen LogP contribution in [-0.4, -0.2) is 38.4 Å². The van der Waals surface area contributed by atoms with Gasteiger partial charge in [0.1, 0.15) is 23.3 Å². The summed E-state index contributed by atoms with van der Waals surface area (Å²) < 4.78 is 21.3. The maximum atomic E-state index is 12.9. The van der Waals surface area contributed by atoms with Crippen LogP contribution in [0.15, 0.2) is 65.8 Å². The average Bonchev–Trinajstić information content (AvgIpc) is 3.19. The van der Waals surface area contributed by atoms with E-state index in [2.05, 4.69) is 15.4 Å². The van der Waals surface area contributed by atoms with Crippen molar-refractivity contribution in [3.05, 3.63) is 88.4 Å². The van der Waals surface area contributed by atoms with Gasteiger partial charge in [-0.3, -0.25) is 14.2 Å². The zero-order valence-electron chi connectivity index (χ0n) is 17.5. The van der Waals surface area contributed by atoms with Crippen LogP contribution in [0.4, 0.5) is 4.39 Å². The highest BCUT2D eigenvalue weighted by Crippen LogP contribution is 2.11. The van der Waals surface area contributed by atoms with E-state index in [1.165, 1.54) is 36.8 Å². The molecule has 0 fully saturated rings. The van der Waals surface area contributed by atoms with E-state index >= 15 is 0 Å². The summed E-state index contributed by atoms with van der Waals surface area (Å²) in [6, 6.07) is 13.4. The van der Waals surface area contributed by atoms with Gasteiger partial charge in [0.05, 0.1) is 19.3 Å². The number of ether oxygens (including phenoxy) is 1. The summed E-state index contributed by atoms with van der Waals surface area (Å²) in [7, 11) is 0. The summed E-state index contributed by atoms with van der Waals surface area (Å²) in [6.07, 6.45) is 3.01. The van der Waals surface area contributed by atoms with Crippen LogP contribution in [0.25, 0.3) is 11.0 Å². The fourth-order valence-electron chi connectivity index (χ4n) is 3.31. The van der Waals surface area contributed by atoms with Crippen LogP contribution in [-0.2, 0) is 17.9 Å². The highest BCUT2D eigenvalue weighted by molar-refractivity contribution is 5.77. The number of halogens is 1. The summed E-state index contributed by atoms with van der Waals surface area (Å²) in [6.45, 7) is 2.88. The largest absolute Gasteiger partial charge is 0.484 e. The molecule has 0 aliphatic rings. The molecular weight excluding hydrogens is 413 g/mol. The molecule has 8 nitrogen and oxygen atoms in total. The molecule has 2 heterocycles. The van der Waals surface area contributed by atoms with Crippen molar-refractivity contribution < 1.29 is 13.9 Å². The van der Waals surface area contributed by atoms with E-state index in [-0.39, 0.29) is 30.4 Å². The Labute approximate surface area is 183 Å². The Morgan fingerprint density at radius 2 is 2.00 bits per heavy atom. The van der Waals surface area contributed by atoms with Gasteiger partial charge >= 0.3 is 0 Å². The lowest BCUT2D eigenvalue weighted by atomic mass is 10.1. The predicted octanol–water partition coefficient (Wildman–Crippen LogP) is 2.28. The Kier molecular flexibility index (Phi) is 6.25. The monoisotopic (exact) mass is 435 g/mol. The van der Waals surface area contributed by atoms with Gasteiger partial charge in [0.25, 0.3) is 11.5 Å². The van der Waals surface area contributed by atoms with E-state index in [0.29, 0.717) is 29.9 Å². The van der Waals surface area contributed by atoms with Crippen molar-refractivity contribution in [2.75, 3.05) is 13.2 Å². The molecule has 1 N–H and O–H groups in total. The Morgan fingerprint density at radius 1 is 1.19 bits per heavy atom. The first-order valence-corrected chi connectivity index (χ1v) is 10.1. The van der Waals surface area contributed by atoms with Crippen molar-refractivity contribution in [1.29, 1.82) is 0 Å². The number of rotatable bonds is 8. The predicted molar refractivity (Wildman–Crippen MR) is 117 cm³/mol. The lowest BCUT2D eigenvalue weighted by Gasteiger charge is -2.09. The van der Waals surface area contributed by atoms with Gasteiger partial charge in [-0.05, 0) is 36.8 Å². The third-order valence-electron chi connectivity index (χ3n) is 4.89. The summed E-state index contributed by atoms with van der Waals surface area (Å²) in [5.74, 6) is -0.284. The normalized spacial score (nSPS) is 10.9. The number of nitrogens with one attached hydrogen (secondary N) is 1. The van der Waals surface area contributed by atoms with E-state index < -0.39 is 0 Å². The second-order valence-corrected chi connectivity index (χ2v) is 7.36. The van der Waals surface area contributed by atoms with Crippen molar-refractivity contribution in [3.63, 3.8) is 0 Å². The molecule has 0 saturated carbocycles. The Balaban J connectivity index is 1.34. The van der Waals surface area contributed by atoms with E-state index in [9.17, 15) is 14.0 Å². The molecule has 0 unspecified atom stereocenters. The van der Waals surface area contributed by atoms with Gasteiger partial charge in [0.2, 0.25) is 0 Å².